The summed E-state index contributed by atoms with van der Waals surface area (Å²) < 4.78 is 47.2. The lowest BCUT2D eigenvalue weighted by Crippen LogP contribution is -2.43. The minimum absolute atomic E-state index is 0.0360. The van der Waals surface area contributed by atoms with Crippen molar-refractivity contribution in [1.82, 2.24) is 25.0 Å². The Bertz CT molecular complexity index is 1370. The van der Waals surface area contributed by atoms with Crippen LogP contribution in [0.1, 0.15) is 30.0 Å². The first-order valence-electron chi connectivity index (χ1n) is 11.8. The van der Waals surface area contributed by atoms with E-state index in [0.29, 0.717) is 10.6 Å². The number of rotatable bonds is 10. The van der Waals surface area contributed by atoms with Crippen molar-refractivity contribution in [3.05, 3.63) is 75.2 Å². The predicted molar refractivity (Wildman–Crippen MR) is 132 cm³/mol. The summed E-state index contributed by atoms with van der Waals surface area (Å²) in [6.07, 6.45) is -3.13. The molecule has 2 N–H and O–H groups in total. The van der Waals surface area contributed by atoms with Crippen LogP contribution in [0.4, 0.5) is 13.2 Å². The van der Waals surface area contributed by atoms with Gasteiger partial charge in [-0.05, 0) is 54.8 Å². The number of nitrogens with zero attached hydrogens (tertiary/aromatic N) is 3. The molecule has 0 saturated heterocycles. The van der Waals surface area contributed by atoms with Crippen LogP contribution in [0.5, 0.6) is 0 Å². The van der Waals surface area contributed by atoms with E-state index < -0.39 is 41.8 Å². The van der Waals surface area contributed by atoms with Crippen LogP contribution in [-0.4, -0.2) is 45.9 Å². The molecular weight excluding hydrogens is 527 g/mol. The van der Waals surface area contributed by atoms with Gasteiger partial charge in [0.1, 0.15) is 12.6 Å². The Balaban J connectivity index is 1.60. The van der Waals surface area contributed by atoms with Crippen LogP contribution in [0.25, 0.3) is 11.4 Å². The number of ether oxygens (including phenoxy) is 1. The van der Waals surface area contributed by atoms with Gasteiger partial charge in [0.05, 0.1) is 18.7 Å². The van der Waals surface area contributed by atoms with E-state index in [2.05, 4.69) is 15.7 Å². The zero-order valence-corrected chi connectivity index (χ0v) is 21.1. The molecule has 9 nitrogen and oxygen atoms in total. The van der Waals surface area contributed by atoms with E-state index in [1.54, 1.807) is 24.3 Å². The summed E-state index contributed by atoms with van der Waals surface area (Å²) >= 11 is 5.96. The van der Waals surface area contributed by atoms with Crippen molar-refractivity contribution in [3.63, 3.8) is 0 Å². The van der Waals surface area contributed by atoms with Gasteiger partial charge < -0.3 is 15.4 Å². The van der Waals surface area contributed by atoms with Crippen LogP contribution in [0.2, 0.25) is 5.02 Å². The normalized spacial score (nSPS) is 14.2. The molecule has 1 aliphatic rings. The largest absolute Gasteiger partial charge is 0.416 e. The number of alkyl halides is 3. The van der Waals surface area contributed by atoms with E-state index in [-0.39, 0.29) is 30.6 Å². The second-order valence-corrected chi connectivity index (χ2v) is 9.26. The van der Waals surface area contributed by atoms with E-state index in [0.717, 1.165) is 29.7 Å². The minimum Gasteiger partial charge on any atom is -0.383 e. The van der Waals surface area contributed by atoms with Crippen LogP contribution >= 0.6 is 11.6 Å². The Morgan fingerprint density at radius 1 is 1.18 bits per heavy atom. The highest BCUT2D eigenvalue weighted by Gasteiger charge is 2.34. The third-order valence-corrected chi connectivity index (χ3v) is 6.13. The van der Waals surface area contributed by atoms with E-state index in [1.807, 2.05) is 0 Å². The average molecular weight is 552 g/mol. The lowest BCUT2D eigenvalue weighted by Gasteiger charge is -2.20. The van der Waals surface area contributed by atoms with Crippen molar-refractivity contribution in [3.8, 4) is 11.4 Å². The molecule has 1 aliphatic carbocycles. The monoisotopic (exact) mass is 551 g/mol. The lowest BCUT2D eigenvalue weighted by molar-refractivity contribution is -0.137. The number of carbonyl (C=O) groups excluding carboxylic acids is 2. The Morgan fingerprint density at radius 3 is 2.53 bits per heavy atom. The maximum Gasteiger partial charge on any atom is 0.416 e. The zero-order valence-electron chi connectivity index (χ0n) is 20.3. The molecule has 0 spiro atoms. The number of hydrogen-bond acceptors (Lipinski definition) is 5. The van der Waals surface area contributed by atoms with Gasteiger partial charge in [-0.25, -0.2) is 9.48 Å². The summed E-state index contributed by atoms with van der Waals surface area (Å²) in [6, 6.07) is 9.32. The van der Waals surface area contributed by atoms with Crippen molar-refractivity contribution in [2.45, 2.75) is 44.2 Å². The third kappa shape index (κ3) is 6.62. The molecular formula is C25H25ClF3N5O4. The summed E-state index contributed by atoms with van der Waals surface area (Å²) in [5.74, 6) is -1.14. The number of aromatic nitrogens is 3. The Morgan fingerprint density at radius 2 is 1.89 bits per heavy atom. The number of halogens is 4. The predicted octanol–water partition coefficient (Wildman–Crippen LogP) is 3.17. The lowest BCUT2D eigenvalue weighted by atomic mass is 10.0. The fourth-order valence-corrected chi connectivity index (χ4v) is 3.92. The number of benzene rings is 2. The van der Waals surface area contributed by atoms with Gasteiger partial charge in [-0.15, -0.1) is 5.10 Å². The van der Waals surface area contributed by atoms with Gasteiger partial charge in [-0.2, -0.15) is 13.2 Å². The smallest absolute Gasteiger partial charge is 0.383 e. The molecule has 2 aromatic carbocycles. The van der Waals surface area contributed by atoms with E-state index >= 15 is 0 Å². The molecule has 202 valence electrons. The van der Waals surface area contributed by atoms with Gasteiger partial charge in [0.25, 0.3) is 0 Å². The molecule has 3 aromatic rings. The van der Waals surface area contributed by atoms with E-state index in [4.69, 9.17) is 16.3 Å². The fourth-order valence-electron chi connectivity index (χ4n) is 3.79. The van der Waals surface area contributed by atoms with Crippen molar-refractivity contribution in [1.29, 1.82) is 0 Å². The van der Waals surface area contributed by atoms with E-state index in [1.165, 1.54) is 23.8 Å². The van der Waals surface area contributed by atoms with Crippen LogP contribution in [0.15, 0.2) is 53.3 Å². The first-order chi connectivity index (χ1) is 18.1. The first kappa shape index (κ1) is 27.4. The van der Waals surface area contributed by atoms with Crippen molar-refractivity contribution >= 4 is 23.4 Å². The maximum absolute atomic E-state index is 13.3. The molecule has 1 atom stereocenters. The topological polar surface area (TPSA) is 107 Å². The molecule has 38 heavy (non-hydrogen) atoms. The fraction of sp³-hybridized carbons (Fsp3) is 0.360. The van der Waals surface area contributed by atoms with Crippen molar-refractivity contribution in [2.24, 2.45) is 0 Å². The summed E-state index contributed by atoms with van der Waals surface area (Å²) in [7, 11) is 1.48. The second kappa shape index (κ2) is 11.4. The van der Waals surface area contributed by atoms with Crippen LogP contribution in [0, 0.1) is 0 Å². The zero-order chi connectivity index (χ0) is 27.4. The molecule has 1 aromatic heterocycles. The SMILES string of the molecule is COCCn1c(-c2ccc(Cl)cc2)nn(CC(=O)NC(C(=O)NC2CC2)c2cccc(C(F)(F)F)c2)c1=O. The number of nitrogens with one attached hydrogen (secondary N) is 2. The van der Waals surface area contributed by atoms with Crippen molar-refractivity contribution < 1.29 is 27.5 Å². The molecule has 4 rings (SSSR count). The van der Waals surface area contributed by atoms with Gasteiger partial charge in [0.15, 0.2) is 5.82 Å². The molecule has 2 amide bonds. The standard InChI is InChI=1S/C25H25ClF3N5O4/c1-38-12-11-33-22(15-5-7-18(26)8-6-15)32-34(24(33)37)14-20(35)31-21(23(36)30-19-9-10-19)16-3-2-4-17(13-16)25(27,28)29/h2-8,13,19,21H,9-12,14H2,1H3,(H,30,36)(H,31,35). The summed E-state index contributed by atoms with van der Waals surface area (Å²) in [6.45, 7) is -0.200. The van der Waals surface area contributed by atoms with Gasteiger partial charge >= 0.3 is 11.9 Å². The highest BCUT2D eigenvalue weighted by atomic mass is 35.5. The number of hydrogen-bond donors (Lipinski definition) is 2. The Kier molecular flexibility index (Phi) is 8.22. The Labute approximate surface area is 220 Å². The van der Waals surface area contributed by atoms with Crippen molar-refractivity contribution in [2.75, 3.05) is 13.7 Å². The number of carbonyl (C=O) groups is 2. The average Bonchev–Trinajstić information content (AvgIpc) is 3.64. The molecule has 13 heteroatoms. The minimum atomic E-state index is -4.63. The van der Waals surface area contributed by atoms with Gasteiger partial charge in [-0.1, -0.05) is 23.7 Å². The molecule has 1 unspecified atom stereocenters. The summed E-state index contributed by atoms with van der Waals surface area (Å²) in [5, 5.41) is 9.96. The maximum atomic E-state index is 13.3. The van der Waals surface area contributed by atoms with Gasteiger partial charge in [-0.3, -0.25) is 14.2 Å². The molecule has 1 saturated carbocycles. The Hall–Kier alpha value is -3.64. The molecule has 0 aliphatic heterocycles. The summed E-state index contributed by atoms with van der Waals surface area (Å²) in [4.78, 5) is 38.9. The quantitative estimate of drug-likeness (QED) is 0.402. The molecule has 0 bridgehead atoms. The summed E-state index contributed by atoms with van der Waals surface area (Å²) in [5.41, 5.74) is -1.01. The van der Waals surface area contributed by atoms with Crippen LogP contribution in [0.3, 0.4) is 0 Å². The number of methoxy groups -OCH3 is 1. The molecule has 1 fully saturated rings. The number of amides is 2. The van der Waals surface area contributed by atoms with Crippen LogP contribution in [-0.2, 0) is 33.6 Å². The second-order valence-electron chi connectivity index (χ2n) is 8.82. The molecule has 1 heterocycles. The van der Waals surface area contributed by atoms with Gasteiger partial charge in [0.2, 0.25) is 11.8 Å². The van der Waals surface area contributed by atoms with Gasteiger partial charge in [0, 0.05) is 23.7 Å². The highest BCUT2D eigenvalue weighted by Crippen LogP contribution is 2.31. The first-order valence-corrected chi connectivity index (χ1v) is 12.1. The van der Waals surface area contributed by atoms with Crippen LogP contribution < -0.4 is 16.3 Å². The van der Waals surface area contributed by atoms with E-state index in [9.17, 15) is 27.6 Å². The molecule has 0 radical (unpaired) electrons. The third-order valence-electron chi connectivity index (χ3n) is 5.88. The highest BCUT2D eigenvalue weighted by molar-refractivity contribution is 6.30.